The summed E-state index contributed by atoms with van der Waals surface area (Å²) in [5.74, 6) is 0.0807. The van der Waals surface area contributed by atoms with Crippen LogP contribution in [0, 0.1) is 5.92 Å². The molecule has 1 fully saturated rings. The first-order valence-electron chi connectivity index (χ1n) is 9.51. The lowest BCUT2D eigenvalue weighted by molar-refractivity contribution is -0.0470. The van der Waals surface area contributed by atoms with E-state index in [1.807, 2.05) is 12.1 Å². The van der Waals surface area contributed by atoms with Crippen LogP contribution < -0.4 is 5.32 Å². The average molecular weight is 468 g/mol. The predicted molar refractivity (Wildman–Crippen MR) is 114 cm³/mol. The Morgan fingerprint density at radius 3 is 2.86 bits per heavy atom. The van der Waals surface area contributed by atoms with E-state index in [0.717, 1.165) is 23.7 Å². The molecule has 28 heavy (non-hydrogen) atoms. The van der Waals surface area contributed by atoms with E-state index in [0.29, 0.717) is 41.2 Å². The maximum Gasteiger partial charge on any atom is 0.165 e. The van der Waals surface area contributed by atoms with Gasteiger partial charge in [0, 0.05) is 22.7 Å². The van der Waals surface area contributed by atoms with Gasteiger partial charge >= 0.3 is 0 Å². The lowest BCUT2D eigenvalue weighted by Crippen LogP contribution is -2.37. The molecule has 1 aromatic carbocycles. The summed E-state index contributed by atoms with van der Waals surface area (Å²) in [6.45, 7) is 0. The van der Waals surface area contributed by atoms with E-state index in [-0.39, 0.29) is 11.7 Å². The lowest BCUT2D eigenvalue weighted by Gasteiger charge is -2.31. The Labute approximate surface area is 178 Å². The van der Waals surface area contributed by atoms with Gasteiger partial charge in [-0.25, -0.2) is 0 Å². The van der Waals surface area contributed by atoms with Gasteiger partial charge in [-0.05, 0) is 55.9 Å². The zero-order valence-corrected chi connectivity index (χ0v) is 17.8. The van der Waals surface area contributed by atoms with Crippen molar-refractivity contribution in [2.75, 3.05) is 5.32 Å². The summed E-state index contributed by atoms with van der Waals surface area (Å²) in [6, 6.07) is 7.20. The molecule has 1 aromatic heterocycles. The van der Waals surface area contributed by atoms with Crippen molar-refractivity contribution in [2.45, 2.75) is 50.7 Å². The summed E-state index contributed by atoms with van der Waals surface area (Å²) < 4.78 is 0.876. The van der Waals surface area contributed by atoms with Gasteiger partial charge < -0.3 is 15.5 Å². The Morgan fingerprint density at radius 1 is 1.25 bits per heavy atom. The van der Waals surface area contributed by atoms with Gasteiger partial charge in [-0.2, -0.15) is 0 Å². The van der Waals surface area contributed by atoms with Gasteiger partial charge in [0.05, 0.1) is 34.8 Å². The summed E-state index contributed by atoms with van der Waals surface area (Å²) in [4.78, 5) is 16.9. The molecule has 7 heteroatoms. The van der Waals surface area contributed by atoms with Crippen molar-refractivity contribution >= 4 is 44.7 Å². The molecule has 3 rings (SSSR count). The Hall–Kier alpha value is -1.47. The van der Waals surface area contributed by atoms with E-state index in [2.05, 4.69) is 26.2 Å². The van der Waals surface area contributed by atoms with Crippen LogP contribution in [-0.4, -0.2) is 33.2 Å². The second-order valence-electron chi connectivity index (χ2n) is 7.23. The molecule has 0 saturated heterocycles. The normalized spacial score (nSPS) is 22.1. The van der Waals surface area contributed by atoms with E-state index in [1.54, 1.807) is 24.5 Å². The summed E-state index contributed by atoms with van der Waals surface area (Å²) in [6.07, 6.45) is 6.16. The second-order valence-corrected chi connectivity index (χ2v) is 8.56. The number of hydrogen-bond acceptors (Lipinski definition) is 5. The van der Waals surface area contributed by atoms with Gasteiger partial charge in [0.15, 0.2) is 5.78 Å². The van der Waals surface area contributed by atoms with Crippen LogP contribution in [0.15, 0.2) is 41.1 Å². The fourth-order valence-corrected chi connectivity index (χ4v) is 4.41. The standard InChI is InChI=1S/C21H24BrClN2O3/c22-14-7-8-17(16(23)11-14)25-18-12-24-10-9-15(18)19(26)5-1-3-13-4-2-6-20(27)21(13)28/h7-13,20-21,25,27-28H,1-6H2. The number of aliphatic hydroxyl groups excluding tert-OH is 2. The number of ketones is 1. The number of nitrogens with one attached hydrogen (secondary N) is 1. The van der Waals surface area contributed by atoms with E-state index >= 15 is 0 Å². The minimum absolute atomic E-state index is 0.0176. The molecule has 1 saturated carbocycles. The number of aromatic nitrogens is 1. The highest BCUT2D eigenvalue weighted by molar-refractivity contribution is 9.10. The minimum Gasteiger partial charge on any atom is -0.390 e. The van der Waals surface area contributed by atoms with Gasteiger partial charge in [-0.1, -0.05) is 34.0 Å². The fourth-order valence-electron chi connectivity index (χ4n) is 3.69. The molecule has 0 aliphatic heterocycles. The molecular formula is C21H24BrClN2O3. The molecule has 0 bridgehead atoms. The van der Waals surface area contributed by atoms with Crippen molar-refractivity contribution in [3.05, 3.63) is 51.7 Å². The third-order valence-corrected chi connectivity index (χ3v) is 6.06. The van der Waals surface area contributed by atoms with Crippen molar-refractivity contribution in [1.29, 1.82) is 0 Å². The lowest BCUT2D eigenvalue weighted by atomic mass is 9.81. The Bertz CT molecular complexity index is 833. The van der Waals surface area contributed by atoms with Crippen molar-refractivity contribution in [3.63, 3.8) is 0 Å². The van der Waals surface area contributed by atoms with Gasteiger partial charge in [0.2, 0.25) is 0 Å². The number of carbonyl (C=O) groups excluding carboxylic acids is 1. The first kappa shape index (κ1) is 21.2. The van der Waals surface area contributed by atoms with Crippen molar-refractivity contribution in [2.24, 2.45) is 5.92 Å². The third-order valence-electron chi connectivity index (χ3n) is 5.25. The summed E-state index contributed by atoms with van der Waals surface area (Å²) in [7, 11) is 0. The maximum absolute atomic E-state index is 12.8. The topological polar surface area (TPSA) is 82.5 Å². The second kappa shape index (κ2) is 9.83. The van der Waals surface area contributed by atoms with Gasteiger partial charge in [-0.3, -0.25) is 9.78 Å². The number of anilines is 2. The average Bonchev–Trinajstić information content (AvgIpc) is 2.67. The number of carbonyl (C=O) groups is 1. The number of Topliss-reactive ketones (excluding diaryl/α,β-unsaturated/α-hetero) is 1. The van der Waals surface area contributed by atoms with Crippen LogP contribution in [-0.2, 0) is 0 Å². The van der Waals surface area contributed by atoms with Crippen LogP contribution in [0.4, 0.5) is 11.4 Å². The van der Waals surface area contributed by atoms with Gasteiger partial charge in [-0.15, -0.1) is 0 Å². The van der Waals surface area contributed by atoms with E-state index in [1.165, 1.54) is 0 Å². The highest BCUT2D eigenvalue weighted by Gasteiger charge is 2.30. The molecule has 5 nitrogen and oxygen atoms in total. The van der Waals surface area contributed by atoms with Crippen LogP contribution in [0.25, 0.3) is 0 Å². The SMILES string of the molecule is O=C(CCCC1CCCC(O)C1O)c1ccncc1Nc1ccc(Br)cc1Cl. The van der Waals surface area contributed by atoms with Gasteiger partial charge in [0.1, 0.15) is 0 Å². The minimum atomic E-state index is -0.679. The van der Waals surface area contributed by atoms with Crippen LogP contribution in [0.1, 0.15) is 48.9 Å². The summed E-state index contributed by atoms with van der Waals surface area (Å²) in [5, 5.41) is 23.6. The number of nitrogens with zero attached hydrogens (tertiary/aromatic N) is 1. The molecule has 3 atom stereocenters. The molecule has 3 N–H and O–H groups in total. The van der Waals surface area contributed by atoms with Crippen molar-refractivity contribution in [1.82, 2.24) is 4.98 Å². The number of rotatable bonds is 7. The number of aliphatic hydroxyl groups is 2. The van der Waals surface area contributed by atoms with Crippen LogP contribution >= 0.6 is 27.5 Å². The zero-order valence-electron chi connectivity index (χ0n) is 15.4. The van der Waals surface area contributed by atoms with E-state index in [9.17, 15) is 15.0 Å². The zero-order chi connectivity index (χ0) is 20.1. The highest BCUT2D eigenvalue weighted by atomic mass is 79.9. The maximum atomic E-state index is 12.8. The molecule has 1 aliphatic rings. The third kappa shape index (κ3) is 5.32. The predicted octanol–water partition coefficient (Wildman–Crippen LogP) is 5.12. The Balaban J connectivity index is 1.62. The molecule has 0 radical (unpaired) electrons. The van der Waals surface area contributed by atoms with E-state index < -0.39 is 12.2 Å². The molecule has 1 heterocycles. The quantitative estimate of drug-likeness (QED) is 0.493. The largest absolute Gasteiger partial charge is 0.390 e. The van der Waals surface area contributed by atoms with Crippen LogP contribution in [0.3, 0.4) is 0 Å². The number of hydrogen-bond donors (Lipinski definition) is 3. The Morgan fingerprint density at radius 2 is 2.07 bits per heavy atom. The molecule has 0 spiro atoms. The monoisotopic (exact) mass is 466 g/mol. The highest BCUT2D eigenvalue weighted by Crippen LogP contribution is 2.31. The molecular weight excluding hydrogens is 444 g/mol. The van der Waals surface area contributed by atoms with E-state index in [4.69, 9.17) is 11.6 Å². The fraction of sp³-hybridized carbons (Fsp3) is 0.429. The first-order chi connectivity index (χ1) is 13.5. The Kier molecular flexibility index (Phi) is 7.46. The molecule has 3 unspecified atom stereocenters. The number of benzene rings is 1. The smallest absolute Gasteiger partial charge is 0.165 e. The van der Waals surface area contributed by atoms with Crippen molar-refractivity contribution in [3.8, 4) is 0 Å². The number of halogens is 2. The molecule has 1 aliphatic carbocycles. The van der Waals surface area contributed by atoms with Crippen LogP contribution in [0.2, 0.25) is 5.02 Å². The molecule has 0 amide bonds. The number of pyridine rings is 1. The molecule has 2 aromatic rings. The summed E-state index contributed by atoms with van der Waals surface area (Å²) >= 11 is 9.64. The first-order valence-corrected chi connectivity index (χ1v) is 10.7. The van der Waals surface area contributed by atoms with Crippen molar-refractivity contribution < 1.29 is 15.0 Å². The summed E-state index contributed by atoms with van der Waals surface area (Å²) in [5.41, 5.74) is 1.88. The van der Waals surface area contributed by atoms with Gasteiger partial charge in [0.25, 0.3) is 0 Å². The van der Waals surface area contributed by atoms with Crippen LogP contribution in [0.5, 0.6) is 0 Å². The molecule has 150 valence electrons.